The summed E-state index contributed by atoms with van der Waals surface area (Å²) in [6.07, 6.45) is 4.27. The molecule has 8 nitrogen and oxygen atoms in total. The van der Waals surface area contributed by atoms with Crippen LogP contribution in [0.25, 0.3) is 11.1 Å². The molecule has 0 atom stereocenters. The van der Waals surface area contributed by atoms with Crippen LogP contribution in [-0.2, 0) is 24.8 Å². The van der Waals surface area contributed by atoms with Crippen LogP contribution in [0.3, 0.4) is 0 Å². The van der Waals surface area contributed by atoms with Gasteiger partial charge < -0.3 is 14.8 Å². The van der Waals surface area contributed by atoms with Crippen LogP contribution in [-0.4, -0.2) is 59.8 Å². The van der Waals surface area contributed by atoms with E-state index in [0.29, 0.717) is 17.8 Å². The molecule has 3 heterocycles. The first-order chi connectivity index (χ1) is 16.1. The highest BCUT2D eigenvalue weighted by molar-refractivity contribution is 6.10. The molecular formula is C25H27N5O3. The molecule has 170 valence electrons. The van der Waals surface area contributed by atoms with Crippen molar-refractivity contribution < 1.29 is 14.3 Å². The number of aryl methyl sites for hydroxylation is 1. The lowest BCUT2D eigenvalue weighted by atomic mass is 10.0. The fourth-order valence-electron chi connectivity index (χ4n) is 4.30. The molecule has 1 fully saturated rings. The number of ether oxygens (including phenoxy) is 2. The number of amidine groups is 1. The molecule has 0 bridgehead atoms. The summed E-state index contributed by atoms with van der Waals surface area (Å²) >= 11 is 0. The van der Waals surface area contributed by atoms with Gasteiger partial charge in [0.05, 0.1) is 32.2 Å². The van der Waals surface area contributed by atoms with Crippen LogP contribution in [0.5, 0.6) is 5.75 Å². The summed E-state index contributed by atoms with van der Waals surface area (Å²) in [7, 11) is 3.53. The molecule has 1 saturated heterocycles. The number of aliphatic imine (C=N–C) groups is 1. The molecule has 0 radical (unpaired) electrons. The van der Waals surface area contributed by atoms with Crippen LogP contribution in [0.4, 0.5) is 5.69 Å². The van der Waals surface area contributed by atoms with E-state index in [4.69, 9.17) is 14.5 Å². The maximum absolute atomic E-state index is 12.9. The van der Waals surface area contributed by atoms with Gasteiger partial charge in [0.1, 0.15) is 11.6 Å². The molecule has 1 amide bonds. The van der Waals surface area contributed by atoms with Crippen molar-refractivity contribution in [3.63, 3.8) is 0 Å². The highest BCUT2D eigenvalue weighted by Gasteiger charge is 2.24. The first-order valence-electron chi connectivity index (χ1n) is 11.1. The predicted octanol–water partition coefficient (Wildman–Crippen LogP) is 2.94. The summed E-state index contributed by atoms with van der Waals surface area (Å²) in [6.45, 7) is 4.29. The van der Waals surface area contributed by atoms with Gasteiger partial charge in [0.2, 0.25) is 0 Å². The fraction of sp³-hybridized carbons (Fsp3) is 0.320. The molecule has 2 aliphatic rings. The number of nitrogens with one attached hydrogen (secondary N) is 1. The minimum absolute atomic E-state index is 0.165. The van der Waals surface area contributed by atoms with E-state index in [0.717, 1.165) is 61.0 Å². The molecule has 3 aromatic rings. The predicted molar refractivity (Wildman–Crippen MR) is 126 cm³/mol. The Morgan fingerprint density at radius 1 is 1.15 bits per heavy atom. The van der Waals surface area contributed by atoms with Gasteiger partial charge >= 0.3 is 0 Å². The monoisotopic (exact) mass is 445 g/mol. The van der Waals surface area contributed by atoms with Gasteiger partial charge in [-0.2, -0.15) is 5.10 Å². The van der Waals surface area contributed by atoms with Crippen LogP contribution in [0.15, 0.2) is 53.8 Å². The van der Waals surface area contributed by atoms with Crippen molar-refractivity contribution in [2.45, 2.75) is 13.0 Å². The number of carbonyl (C=O) groups excluding carboxylic acids is 1. The van der Waals surface area contributed by atoms with E-state index in [9.17, 15) is 4.79 Å². The van der Waals surface area contributed by atoms with Crippen molar-refractivity contribution >= 4 is 17.4 Å². The van der Waals surface area contributed by atoms with Crippen molar-refractivity contribution in [2.75, 3.05) is 33.4 Å². The van der Waals surface area contributed by atoms with Crippen LogP contribution in [0, 0.1) is 0 Å². The SMILES string of the molecule is COc1ccc(-c2cnn(C)c2)c2c1CC(NC(=O)c1ccc(CN3CCOCC3)cc1)=N2. The van der Waals surface area contributed by atoms with Crippen molar-refractivity contribution in [1.82, 2.24) is 20.0 Å². The molecule has 0 saturated carbocycles. The minimum atomic E-state index is -0.165. The van der Waals surface area contributed by atoms with Gasteiger partial charge in [0.25, 0.3) is 5.91 Å². The Bertz CT molecular complexity index is 1190. The number of morpholine rings is 1. The summed E-state index contributed by atoms with van der Waals surface area (Å²) < 4.78 is 12.7. The molecule has 2 aliphatic heterocycles. The largest absolute Gasteiger partial charge is 0.496 e. The Kier molecular flexibility index (Phi) is 5.93. The highest BCUT2D eigenvalue weighted by Crippen LogP contribution is 2.41. The summed E-state index contributed by atoms with van der Waals surface area (Å²) in [6, 6.07) is 11.7. The Morgan fingerprint density at radius 3 is 2.64 bits per heavy atom. The van der Waals surface area contributed by atoms with Crippen LogP contribution >= 0.6 is 0 Å². The Morgan fingerprint density at radius 2 is 1.94 bits per heavy atom. The normalized spacial score (nSPS) is 15.8. The summed E-state index contributed by atoms with van der Waals surface area (Å²) in [5, 5.41) is 7.26. The van der Waals surface area contributed by atoms with Crippen LogP contribution < -0.4 is 10.1 Å². The van der Waals surface area contributed by atoms with Crippen LogP contribution in [0.2, 0.25) is 0 Å². The molecular weight excluding hydrogens is 418 g/mol. The second-order valence-electron chi connectivity index (χ2n) is 8.32. The lowest BCUT2D eigenvalue weighted by Crippen LogP contribution is -2.35. The number of amides is 1. The standard InChI is InChI=1S/C25H27N5O3/c1-29-16-19(14-26-29)20-7-8-22(32-2)21-13-23(27-24(20)21)28-25(31)18-5-3-17(4-6-18)15-30-9-11-33-12-10-30/h3-8,14,16H,9-13,15H2,1-2H3,(H,27,28,31). The van der Waals surface area contributed by atoms with Gasteiger partial charge in [-0.3, -0.25) is 14.4 Å². The molecule has 1 aromatic heterocycles. The van der Waals surface area contributed by atoms with Gasteiger partial charge in [-0.05, 0) is 29.8 Å². The lowest BCUT2D eigenvalue weighted by molar-refractivity contribution is 0.0342. The zero-order valence-corrected chi connectivity index (χ0v) is 18.9. The van der Waals surface area contributed by atoms with Gasteiger partial charge in [0.15, 0.2) is 0 Å². The smallest absolute Gasteiger partial charge is 0.256 e. The summed E-state index contributed by atoms with van der Waals surface area (Å²) in [5.41, 5.74) is 5.52. The average molecular weight is 446 g/mol. The molecule has 0 unspecified atom stereocenters. The number of hydrogen-bond donors (Lipinski definition) is 1. The lowest BCUT2D eigenvalue weighted by Gasteiger charge is -2.26. The first kappa shape index (κ1) is 21.4. The van der Waals surface area contributed by atoms with Gasteiger partial charge in [-0.15, -0.1) is 0 Å². The van der Waals surface area contributed by atoms with Crippen LogP contribution in [0.1, 0.15) is 21.5 Å². The molecule has 0 aliphatic carbocycles. The number of aromatic nitrogens is 2. The van der Waals surface area contributed by atoms with E-state index in [2.05, 4.69) is 15.3 Å². The molecule has 1 N–H and O–H groups in total. The fourth-order valence-corrected chi connectivity index (χ4v) is 4.30. The van der Waals surface area contributed by atoms with Crippen molar-refractivity contribution in [1.29, 1.82) is 0 Å². The van der Waals surface area contributed by atoms with E-state index in [1.54, 1.807) is 11.8 Å². The number of rotatable bonds is 5. The summed E-state index contributed by atoms with van der Waals surface area (Å²) in [4.78, 5) is 20.0. The second kappa shape index (κ2) is 9.17. The van der Waals surface area contributed by atoms with E-state index < -0.39 is 0 Å². The number of fused-ring (bicyclic) bond motifs is 1. The zero-order chi connectivity index (χ0) is 22.8. The third kappa shape index (κ3) is 4.53. The third-order valence-corrected chi connectivity index (χ3v) is 6.05. The molecule has 2 aromatic carbocycles. The highest BCUT2D eigenvalue weighted by atomic mass is 16.5. The number of hydrogen-bond acceptors (Lipinski definition) is 6. The topological polar surface area (TPSA) is 81.0 Å². The quantitative estimate of drug-likeness (QED) is 0.653. The third-order valence-electron chi connectivity index (χ3n) is 6.05. The maximum atomic E-state index is 12.9. The Balaban J connectivity index is 1.31. The number of carbonyl (C=O) groups is 1. The van der Waals surface area contributed by atoms with Crippen molar-refractivity contribution in [3.05, 3.63) is 65.5 Å². The average Bonchev–Trinajstić information content (AvgIpc) is 3.45. The van der Waals surface area contributed by atoms with Crippen molar-refractivity contribution in [3.8, 4) is 16.9 Å². The van der Waals surface area contributed by atoms with Gasteiger partial charge in [-0.25, -0.2) is 4.99 Å². The Hall–Kier alpha value is -3.49. The molecule has 5 rings (SSSR count). The number of benzene rings is 2. The van der Waals surface area contributed by atoms with Gasteiger partial charge in [-0.1, -0.05) is 12.1 Å². The van der Waals surface area contributed by atoms with E-state index >= 15 is 0 Å². The number of methoxy groups -OCH3 is 1. The van der Waals surface area contributed by atoms with E-state index in [1.807, 2.05) is 55.8 Å². The first-order valence-corrected chi connectivity index (χ1v) is 11.1. The van der Waals surface area contributed by atoms with E-state index in [1.165, 1.54) is 5.56 Å². The number of nitrogens with zero attached hydrogens (tertiary/aromatic N) is 4. The molecule has 8 heteroatoms. The van der Waals surface area contributed by atoms with Gasteiger partial charge in [0, 0.05) is 61.6 Å². The molecule has 33 heavy (non-hydrogen) atoms. The zero-order valence-electron chi connectivity index (χ0n) is 18.9. The van der Waals surface area contributed by atoms with E-state index in [-0.39, 0.29) is 5.91 Å². The van der Waals surface area contributed by atoms with Crippen molar-refractivity contribution in [2.24, 2.45) is 12.0 Å². The Labute approximate surface area is 192 Å². The minimum Gasteiger partial charge on any atom is -0.496 e. The summed E-state index contributed by atoms with van der Waals surface area (Å²) in [5.74, 6) is 1.21. The molecule has 0 spiro atoms. The maximum Gasteiger partial charge on any atom is 0.256 e. The second-order valence-corrected chi connectivity index (χ2v) is 8.32.